The van der Waals surface area contributed by atoms with Crippen LogP contribution in [0.1, 0.15) is 28.9 Å². The summed E-state index contributed by atoms with van der Waals surface area (Å²) in [5, 5.41) is 2.48. The Morgan fingerprint density at radius 1 is 1.67 bits per heavy atom. The summed E-state index contributed by atoms with van der Waals surface area (Å²) in [6, 6.07) is 1.78. The molecule has 1 heterocycles. The summed E-state index contributed by atoms with van der Waals surface area (Å²) in [4.78, 5) is 12.2. The lowest BCUT2D eigenvalue weighted by Crippen LogP contribution is -1.97. The highest BCUT2D eigenvalue weighted by molar-refractivity contribution is 7.12. The summed E-state index contributed by atoms with van der Waals surface area (Å²) >= 11 is 7.27. The van der Waals surface area contributed by atoms with Crippen molar-refractivity contribution in [1.29, 1.82) is 0 Å². The third kappa shape index (κ3) is 1.70. The van der Waals surface area contributed by atoms with Gasteiger partial charge in [0.2, 0.25) is 0 Å². The summed E-state index contributed by atoms with van der Waals surface area (Å²) in [7, 11) is 0. The molecule has 1 aromatic heterocycles. The number of Topliss-reactive ketones (excluding diaryl/α,β-unsaturated/α-hetero) is 1. The van der Waals surface area contributed by atoms with Crippen molar-refractivity contribution in [3.8, 4) is 0 Å². The van der Waals surface area contributed by atoms with Crippen molar-refractivity contribution in [2.75, 3.05) is 0 Å². The van der Waals surface area contributed by atoms with E-state index in [0.717, 1.165) is 4.88 Å². The van der Waals surface area contributed by atoms with E-state index in [-0.39, 0.29) is 5.78 Å². The minimum Gasteiger partial charge on any atom is -0.293 e. The van der Waals surface area contributed by atoms with Gasteiger partial charge in [0, 0.05) is 6.42 Å². The molecule has 0 aromatic carbocycles. The van der Waals surface area contributed by atoms with Crippen LogP contribution in [0.5, 0.6) is 0 Å². The van der Waals surface area contributed by atoms with E-state index >= 15 is 0 Å². The van der Waals surface area contributed by atoms with Gasteiger partial charge in [0.05, 0.1) is 9.90 Å². The first-order valence-corrected chi connectivity index (χ1v) is 5.29. The number of rotatable bonds is 3. The van der Waals surface area contributed by atoms with E-state index in [2.05, 4.69) is 0 Å². The molecule has 0 atom stereocenters. The highest BCUT2D eigenvalue weighted by Crippen LogP contribution is 2.35. The average Bonchev–Trinajstić information content (AvgIpc) is 2.72. The molecule has 1 aliphatic rings. The number of thiophene rings is 1. The summed E-state index contributed by atoms with van der Waals surface area (Å²) in [6.45, 7) is 0. The summed E-state index contributed by atoms with van der Waals surface area (Å²) in [5.41, 5.74) is 0. The van der Waals surface area contributed by atoms with Gasteiger partial charge in [-0.05, 0) is 30.2 Å². The van der Waals surface area contributed by atoms with Crippen LogP contribution in [0.3, 0.4) is 0 Å². The number of hydrogen-bond donors (Lipinski definition) is 0. The second kappa shape index (κ2) is 3.19. The normalized spacial score (nSPS) is 16.4. The first-order chi connectivity index (χ1) is 5.77. The van der Waals surface area contributed by atoms with Gasteiger partial charge in [-0.3, -0.25) is 4.79 Å². The monoisotopic (exact) mass is 200 g/mol. The first kappa shape index (κ1) is 8.27. The predicted molar refractivity (Wildman–Crippen MR) is 51.0 cm³/mol. The van der Waals surface area contributed by atoms with Crippen molar-refractivity contribution in [2.24, 2.45) is 5.92 Å². The Morgan fingerprint density at radius 3 is 2.92 bits per heavy atom. The SMILES string of the molecule is O=C(CC1CC1)c1sccc1Cl. The third-order valence-electron chi connectivity index (χ3n) is 2.04. The summed E-state index contributed by atoms with van der Waals surface area (Å²) in [5.74, 6) is 0.869. The van der Waals surface area contributed by atoms with Crippen LogP contribution in [0.4, 0.5) is 0 Å². The van der Waals surface area contributed by atoms with Crippen LogP contribution in [-0.2, 0) is 0 Å². The fourth-order valence-electron chi connectivity index (χ4n) is 1.17. The molecule has 0 bridgehead atoms. The Labute approximate surface area is 80.4 Å². The molecule has 0 spiro atoms. The van der Waals surface area contributed by atoms with Crippen LogP contribution in [0.2, 0.25) is 5.02 Å². The lowest BCUT2D eigenvalue weighted by Gasteiger charge is -1.95. The zero-order chi connectivity index (χ0) is 8.55. The average molecular weight is 201 g/mol. The molecular weight excluding hydrogens is 192 g/mol. The zero-order valence-corrected chi connectivity index (χ0v) is 8.12. The molecule has 1 nitrogen and oxygen atoms in total. The molecule has 1 aliphatic carbocycles. The lowest BCUT2D eigenvalue weighted by atomic mass is 10.2. The topological polar surface area (TPSA) is 17.1 Å². The van der Waals surface area contributed by atoms with Crippen molar-refractivity contribution in [3.05, 3.63) is 21.3 Å². The molecule has 0 saturated heterocycles. The van der Waals surface area contributed by atoms with Crippen LogP contribution < -0.4 is 0 Å². The van der Waals surface area contributed by atoms with E-state index in [4.69, 9.17) is 11.6 Å². The van der Waals surface area contributed by atoms with Crippen molar-refractivity contribution in [1.82, 2.24) is 0 Å². The van der Waals surface area contributed by atoms with Gasteiger partial charge < -0.3 is 0 Å². The molecule has 0 unspecified atom stereocenters. The molecule has 0 aliphatic heterocycles. The van der Waals surface area contributed by atoms with Gasteiger partial charge in [0.25, 0.3) is 0 Å². The van der Waals surface area contributed by atoms with Crippen LogP contribution >= 0.6 is 22.9 Å². The van der Waals surface area contributed by atoms with Gasteiger partial charge >= 0.3 is 0 Å². The third-order valence-corrected chi connectivity index (χ3v) is 3.42. The molecule has 2 rings (SSSR count). The van der Waals surface area contributed by atoms with Crippen molar-refractivity contribution < 1.29 is 4.79 Å². The Kier molecular flexibility index (Phi) is 2.20. The molecule has 3 heteroatoms. The van der Waals surface area contributed by atoms with Gasteiger partial charge in [-0.15, -0.1) is 11.3 Å². The Morgan fingerprint density at radius 2 is 2.42 bits per heavy atom. The minimum absolute atomic E-state index is 0.220. The number of ketones is 1. The fraction of sp³-hybridized carbons (Fsp3) is 0.444. The molecule has 0 N–H and O–H groups in total. The minimum atomic E-state index is 0.220. The molecule has 0 amide bonds. The number of carbonyl (C=O) groups is 1. The van der Waals surface area contributed by atoms with Crippen LogP contribution in [0.25, 0.3) is 0 Å². The van der Waals surface area contributed by atoms with Crippen molar-refractivity contribution >= 4 is 28.7 Å². The summed E-state index contributed by atoms with van der Waals surface area (Å²) in [6.07, 6.45) is 3.13. The number of halogens is 1. The van der Waals surface area contributed by atoms with Crippen molar-refractivity contribution in [3.63, 3.8) is 0 Å². The highest BCUT2D eigenvalue weighted by atomic mass is 35.5. The quantitative estimate of drug-likeness (QED) is 0.684. The van der Waals surface area contributed by atoms with Crippen LogP contribution in [0, 0.1) is 5.92 Å². The van der Waals surface area contributed by atoms with Gasteiger partial charge in [-0.1, -0.05) is 11.6 Å². The Hall–Kier alpha value is -0.340. The highest BCUT2D eigenvalue weighted by Gasteiger charge is 2.26. The van der Waals surface area contributed by atoms with Gasteiger partial charge in [-0.2, -0.15) is 0 Å². The maximum atomic E-state index is 11.5. The molecular formula is C9H9ClOS. The molecule has 12 heavy (non-hydrogen) atoms. The standard InChI is InChI=1S/C9H9ClOS/c10-7-3-4-12-9(7)8(11)5-6-1-2-6/h3-4,6H,1-2,5H2. The van der Waals surface area contributed by atoms with Crippen LogP contribution in [-0.4, -0.2) is 5.78 Å². The van der Waals surface area contributed by atoms with E-state index < -0.39 is 0 Å². The largest absolute Gasteiger partial charge is 0.293 e. The Balaban J connectivity index is 2.07. The van der Waals surface area contributed by atoms with E-state index in [1.165, 1.54) is 24.2 Å². The van der Waals surface area contributed by atoms with E-state index in [0.29, 0.717) is 17.4 Å². The molecule has 0 radical (unpaired) electrons. The lowest BCUT2D eigenvalue weighted by molar-refractivity contribution is 0.0980. The molecule has 1 saturated carbocycles. The maximum absolute atomic E-state index is 11.5. The molecule has 64 valence electrons. The van der Waals surface area contributed by atoms with E-state index in [9.17, 15) is 4.79 Å². The van der Waals surface area contributed by atoms with Crippen LogP contribution in [0.15, 0.2) is 11.4 Å². The van der Waals surface area contributed by atoms with Gasteiger partial charge in [0.15, 0.2) is 5.78 Å². The summed E-state index contributed by atoms with van der Waals surface area (Å²) < 4.78 is 0. The number of carbonyl (C=O) groups excluding carboxylic acids is 1. The fourth-order valence-corrected chi connectivity index (χ4v) is 2.28. The smallest absolute Gasteiger partial charge is 0.174 e. The van der Waals surface area contributed by atoms with Gasteiger partial charge in [-0.25, -0.2) is 0 Å². The van der Waals surface area contributed by atoms with E-state index in [1.54, 1.807) is 6.07 Å². The Bertz CT molecular complexity index is 301. The second-order valence-electron chi connectivity index (χ2n) is 3.17. The zero-order valence-electron chi connectivity index (χ0n) is 6.55. The molecule has 1 aromatic rings. The van der Waals surface area contributed by atoms with Gasteiger partial charge in [0.1, 0.15) is 0 Å². The first-order valence-electron chi connectivity index (χ1n) is 4.03. The molecule has 1 fully saturated rings. The van der Waals surface area contributed by atoms with E-state index in [1.807, 2.05) is 5.38 Å². The predicted octanol–water partition coefficient (Wildman–Crippen LogP) is 3.38. The maximum Gasteiger partial charge on any atom is 0.174 e. The second-order valence-corrected chi connectivity index (χ2v) is 4.49. The number of hydrogen-bond acceptors (Lipinski definition) is 2. The van der Waals surface area contributed by atoms with Crippen molar-refractivity contribution in [2.45, 2.75) is 19.3 Å².